The second kappa shape index (κ2) is 5.39. The van der Waals surface area contributed by atoms with Crippen LogP contribution in [0.2, 0.25) is 5.02 Å². The van der Waals surface area contributed by atoms with E-state index in [1.165, 1.54) is 0 Å². The summed E-state index contributed by atoms with van der Waals surface area (Å²) in [5, 5.41) is 2.55. The lowest BCUT2D eigenvalue weighted by atomic mass is 10.0. The predicted molar refractivity (Wildman–Crippen MR) is 86.7 cm³/mol. The smallest absolute Gasteiger partial charge is 0.0556 e. The molecular formula is C17H13ClOS. The van der Waals surface area contributed by atoms with Crippen LogP contribution in [0, 0.1) is 0 Å². The highest BCUT2D eigenvalue weighted by molar-refractivity contribution is 7.84. The molecule has 3 heteroatoms. The van der Waals surface area contributed by atoms with Gasteiger partial charge in [0.05, 0.1) is 15.7 Å². The molecule has 0 aliphatic rings. The van der Waals surface area contributed by atoms with Gasteiger partial charge < -0.3 is 0 Å². The Morgan fingerprint density at radius 2 is 1.65 bits per heavy atom. The van der Waals surface area contributed by atoms with Gasteiger partial charge in [0.2, 0.25) is 0 Å². The Morgan fingerprint density at radius 3 is 2.35 bits per heavy atom. The van der Waals surface area contributed by atoms with Gasteiger partial charge in [0.25, 0.3) is 0 Å². The fraction of sp³-hybridized carbons (Fsp3) is 0.0588. The molecule has 3 rings (SSSR count). The third-order valence-electron chi connectivity index (χ3n) is 3.32. The van der Waals surface area contributed by atoms with E-state index in [-0.39, 0.29) is 0 Å². The Hall–Kier alpha value is -1.64. The lowest BCUT2D eigenvalue weighted by Crippen LogP contribution is -1.95. The van der Waals surface area contributed by atoms with Gasteiger partial charge in [-0.05, 0) is 22.6 Å². The standard InChI is InChI=1S/C17H13ClOS/c1-20(19)17-14(12-6-3-2-4-7-12)11-10-13-8-5-9-15(18)16(13)17/h2-11H,1H3. The van der Waals surface area contributed by atoms with Gasteiger partial charge >= 0.3 is 0 Å². The van der Waals surface area contributed by atoms with Crippen LogP contribution in [0.15, 0.2) is 65.6 Å². The number of hydrogen-bond donors (Lipinski definition) is 0. The molecule has 0 bridgehead atoms. The molecule has 3 aromatic rings. The number of rotatable bonds is 2. The Morgan fingerprint density at radius 1 is 0.900 bits per heavy atom. The molecule has 1 atom stereocenters. The summed E-state index contributed by atoms with van der Waals surface area (Å²) < 4.78 is 12.3. The summed E-state index contributed by atoms with van der Waals surface area (Å²) >= 11 is 6.33. The van der Waals surface area contributed by atoms with Crippen LogP contribution in [0.4, 0.5) is 0 Å². The Labute approximate surface area is 125 Å². The van der Waals surface area contributed by atoms with E-state index in [2.05, 4.69) is 0 Å². The number of benzene rings is 3. The van der Waals surface area contributed by atoms with Crippen LogP contribution in [0.5, 0.6) is 0 Å². The lowest BCUT2D eigenvalue weighted by Gasteiger charge is -2.12. The molecule has 0 saturated heterocycles. The normalized spacial score (nSPS) is 12.5. The summed E-state index contributed by atoms with van der Waals surface area (Å²) in [6.45, 7) is 0. The highest BCUT2D eigenvalue weighted by Gasteiger charge is 2.14. The molecule has 0 fully saturated rings. The van der Waals surface area contributed by atoms with Crippen molar-refractivity contribution in [3.8, 4) is 11.1 Å². The highest BCUT2D eigenvalue weighted by atomic mass is 35.5. The zero-order valence-electron chi connectivity index (χ0n) is 11.0. The van der Waals surface area contributed by atoms with Crippen molar-refractivity contribution in [3.05, 3.63) is 65.7 Å². The summed E-state index contributed by atoms with van der Waals surface area (Å²) in [6.07, 6.45) is 1.70. The summed E-state index contributed by atoms with van der Waals surface area (Å²) in [6, 6.07) is 19.8. The average Bonchev–Trinajstić information content (AvgIpc) is 2.47. The molecule has 0 spiro atoms. The van der Waals surface area contributed by atoms with Crippen molar-refractivity contribution >= 4 is 33.2 Å². The van der Waals surface area contributed by atoms with Gasteiger partial charge in [0.1, 0.15) is 0 Å². The van der Waals surface area contributed by atoms with Crippen LogP contribution in [0.1, 0.15) is 0 Å². The van der Waals surface area contributed by atoms with Crippen molar-refractivity contribution in [1.29, 1.82) is 0 Å². The summed E-state index contributed by atoms with van der Waals surface area (Å²) in [5.74, 6) is 0. The maximum absolute atomic E-state index is 12.3. The first-order valence-electron chi connectivity index (χ1n) is 6.28. The molecular weight excluding hydrogens is 288 g/mol. The van der Waals surface area contributed by atoms with Crippen LogP contribution < -0.4 is 0 Å². The Balaban J connectivity index is 2.42. The summed E-state index contributed by atoms with van der Waals surface area (Å²) in [5.41, 5.74) is 2.03. The van der Waals surface area contributed by atoms with Gasteiger partial charge in [-0.3, -0.25) is 4.21 Å². The van der Waals surface area contributed by atoms with E-state index in [9.17, 15) is 4.21 Å². The monoisotopic (exact) mass is 300 g/mol. The molecule has 0 heterocycles. The van der Waals surface area contributed by atoms with Crippen LogP contribution in [-0.2, 0) is 10.8 Å². The van der Waals surface area contributed by atoms with Gasteiger partial charge in [-0.25, -0.2) is 0 Å². The van der Waals surface area contributed by atoms with E-state index in [1.807, 2.05) is 60.7 Å². The first kappa shape index (κ1) is 13.3. The Kier molecular flexibility index (Phi) is 3.60. The first-order chi connectivity index (χ1) is 9.68. The quantitative estimate of drug-likeness (QED) is 0.658. The van der Waals surface area contributed by atoms with Gasteiger partial charge in [0.15, 0.2) is 0 Å². The third-order valence-corrected chi connectivity index (χ3v) is 4.63. The fourth-order valence-electron chi connectivity index (χ4n) is 2.45. The Bertz CT molecular complexity index is 797. The van der Waals surface area contributed by atoms with Gasteiger partial charge in [-0.1, -0.05) is 66.2 Å². The highest BCUT2D eigenvalue weighted by Crippen LogP contribution is 2.36. The van der Waals surface area contributed by atoms with Crippen LogP contribution in [0.25, 0.3) is 21.9 Å². The molecule has 1 unspecified atom stereocenters. The molecule has 0 aromatic heterocycles. The van der Waals surface area contributed by atoms with E-state index in [1.54, 1.807) is 6.26 Å². The molecule has 3 aromatic carbocycles. The van der Waals surface area contributed by atoms with Crippen LogP contribution in [-0.4, -0.2) is 10.5 Å². The number of fused-ring (bicyclic) bond motifs is 1. The third kappa shape index (κ3) is 2.26. The van der Waals surface area contributed by atoms with Crippen LogP contribution in [0.3, 0.4) is 0 Å². The number of hydrogen-bond acceptors (Lipinski definition) is 1. The average molecular weight is 301 g/mol. The molecule has 0 amide bonds. The molecule has 100 valence electrons. The molecule has 0 aliphatic carbocycles. The van der Waals surface area contributed by atoms with Crippen molar-refractivity contribution in [2.24, 2.45) is 0 Å². The van der Waals surface area contributed by atoms with Gasteiger partial charge in [-0.2, -0.15) is 0 Å². The molecule has 20 heavy (non-hydrogen) atoms. The van der Waals surface area contributed by atoms with E-state index >= 15 is 0 Å². The topological polar surface area (TPSA) is 17.1 Å². The number of halogens is 1. The maximum Gasteiger partial charge on any atom is 0.0556 e. The fourth-order valence-corrected chi connectivity index (χ4v) is 3.79. The van der Waals surface area contributed by atoms with Crippen molar-refractivity contribution in [2.45, 2.75) is 4.90 Å². The summed E-state index contributed by atoms with van der Waals surface area (Å²) in [4.78, 5) is 0.805. The zero-order valence-corrected chi connectivity index (χ0v) is 12.5. The van der Waals surface area contributed by atoms with Crippen molar-refractivity contribution < 1.29 is 4.21 Å². The molecule has 1 nitrogen and oxygen atoms in total. The minimum Gasteiger partial charge on any atom is -0.255 e. The molecule has 0 radical (unpaired) electrons. The second-order valence-corrected chi connectivity index (χ2v) is 6.32. The van der Waals surface area contributed by atoms with E-state index < -0.39 is 10.8 Å². The van der Waals surface area contributed by atoms with E-state index in [4.69, 9.17) is 11.6 Å². The first-order valence-corrected chi connectivity index (χ1v) is 8.22. The molecule has 0 saturated carbocycles. The van der Waals surface area contributed by atoms with Crippen molar-refractivity contribution in [1.82, 2.24) is 0 Å². The minimum absolute atomic E-state index is 0.644. The zero-order chi connectivity index (χ0) is 14.1. The lowest BCUT2D eigenvalue weighted by molar-refractivity contribution is 0.687. The van der Waals surface area contributed by atoms with Gasteiger partial charge in [-0.15, -0.1) is 0 Å². The second-order valence-electron chi connectivity index (χ2n) is 4.60. The van der Waals surface area contributed by atoms with E-state index in [0.717, 1.165) is 26.8 Å². The van der Waals surface area contributed by atoms with E-state index in [0.29, 0.717) is 5.02 Å². The summed E-state index contributed by atoms with van der Waals surface area (Å²) in [7, 11) is -1.11. The van der Waals surface area contributed by atoms with Crippen molar-refractivity contribution in [3.63, 3.8) is 0 Å². The SMILES string of the molecule is CS(=O)c1c(-c2ccccc2)ccc2cccc(Cl)c12. The molecule has 0 N–H and O–H groups in total. The molecule has 0 aliphatic heterocycles. The largest absolute Gasteiger partial charge is 0.255 e. The van der Waals surface area contributed by atoms with Gasteiger partial charge in [0, 0.05) is 16.7 Å². The van der Waals surface area contributed by atoms with Crippen molar-refractivity contribution in [2.75, 3.05) is 6.26 Å². The minimum atomic E-state index is -1.11. The predicted octanol–water partition coefficient (Wildman–Crippen LogP) is 4.90. The maximum atomic E-state index is 12.3. The van der Waals surface area contributed by atoms with Crippen LogP contribution >= 0.6 is 11.6 Å².